The first-order valence-corrected chi connectivity index (χ1v) is 11.5. The van der Waals surface area contributed by atoms with Gasteiger partial charge in [0.25, 0.3) is 0 Å². The van der Waals surface area contributed by atoms with Crippen LogP contribution in [0.25, 0.3) is 0 Å². The van der Waals surface area contributed by atoms with Gasteiger partial charge in [-0.25, -0.2) is 0 Å². The van der Waals surface area contributed by atoms with Crippen molar-refractivity contribution in [2.24, 2.45) is 5.92 Å². The van der Waals surface area contributed by atoms with Crippen LogP contribution in [-0.2, 0) is 22.4 Å². The van der Waals surface area contributed by atoms with Crippen molar-refractivity contribution in [3.05, 3.63) is 47.0 Å². The molecule has 2 atom stereocenters. The number of hydrogen-bond acceptors (Lipinski definition) is 5. The maximum Gasteiger partial charge on any atom is 0.227 e. The molecule has 1 N–H and O–H groups in total. The Bertz CT molecular complexity index is 1030. The highest BCUT2D eigenvalue weighted by molar-refractivity contribution is 6.00. The quantitative estimate of drug-likeness (QED) is 0.691. The third-order valence-electron chi connectivity index (χ3n) is 6.69. The van der Waals surface area contributed by atoms with Gasteiger partial charge >= 0.3 is 0 Å². The molecule has 4 rings (SSSR count). The van der Waals surface area contributed by atoms with Gasteiger partial charge in [0.1, 0.15) is 0 Å². The minimum absolute atomic E-state index is 0.106. The van der Waals surface area contributed by atoms with Crippen molar-refractivity contribution in [3.8, 4) is 17.2 Å². The summed E-state index contributed by atoms with van der Waals surface area (Å²) in [7, 11) is 4.60. The zero-order valence-electron chi connectivity index (χ0n) is 19.8. The van der Waals surface area contributed by atoms with Crippen molar-refractivity contribution in [3.63, 3.8) is 0 Å². The predicted molar refractivity (Wildman–Crippen MR) is 126 cm³/mol. The Morgan fingerprint density at radius 2 is 1.67 bits per heavy atom. The first-order valence-electron chi connectivity index (χ1n) is 11.5. The highest BCUT2D eigenvalue weighted by Gasteiger charge is 2.36. The molecule has 0 spiro atoms. The second-order valence-electron chi connectivity index (χ2n) is 8.75. The Labute approximate surface area is 195 Å². The van der Waals surface area contributed by atoms with Crippen molar-refractivity contribution in [2.75, 3.05) is 32.8 Å². The predicted octanol–water partition coefficient (Wildman–Crippen LogP) is 3.82. The molecule has 1 aliphatic carbocycles. The number of nitrogens with one attached hydrogen (secondary N) is 1. The second-order valence-corrected chi connectivity index (χ2v) is 8.75. The summed E-state index contributed by atoms with van der Waals surface area (Å²) in [4.78, 5) is 27.4. The lowest BCUT2D eigenvalue weighted by Gasteiger charge is -2.22. The third-order valence-corrected chi connectivity index (χ3v) is 6.69. The van der Waals surface area contributed by atoms with Crippen LogP contribution in [0.1, 0.15) is 48.9 Å². The van der Waals surface area contributed by atoms with Crippen LogP contribution in [-0.4, -0.2) is 39.7 Å². The molecule has 1 fully saturated rings. The minimum Gasteiger partial charge on any atom is -0.493 e. The van der Waals surface area contributed by atoms with Gasteiger partial charge in [0.15, 0.2) is 11.5 Å². The summed E-state index contributed by atoms with van der Waals surface area (Å²) >= 11 is 0. The zero-order chi connectivity index (χ0) is 23.5. The number of benzene rings is 2. The molecule has 1 saturated heterocycles. The summed E-state index contributed by atoms with van der Waals surface area (Å²) in [6, 6.07) is 9.87. The molecule has 7 heteroatoms. The molecule has 2 aromatic carbocycles. The maximum absolute atomic E-state index is 13.0. The lowest BCUT2D eigenvalue weighted by Crippen LogP contribution is -2.34. The van der Waals surface area contributed by atoms with Crippen molar-refractivity contribution in [2.45, 2.75) is 45.1 Å². The van der Waals surface area contributed by atoms with Crippen molar-refractivity contribution in [1.29, 1.82) is 0 Å². The molecule has 1 aliphatic heterocycles. The molecule has 2 aliphatic rings. The maximum atomic E-state index is 13.0. The molecule has 2 aromatic rings. The number of ether oxygens (including phenoxy) is 3. The van der Waals surface area contributed by atoms with Crippen LogP contribution in [0.5, 0.6) is 17.2 Å². The molecule has 0 aromatic heterocycles. The van der Waals surface area contributed by atoms with Gasteiger partial charge in [0.05, 0.1) is 39.0 Å². The number of hydrogen-bond donors (Lipinski definition) is 1. The van der Waals surface area contributed by atoms with E-state index in [-0.39, 0.29) is 24.3 Å². The Morgan fingerprint density at radius 3 is 2.30 bits per heavy atom. The summed E-state index contributed by atoms with van der Waals surface area (Å²) in [6.07, 6.45) is 4.87. The van der Waals surface area contributed by atoms with Crippen LogP contribution in [0, 0.1) is 5.92 Å². The monoisotopic (exact) mass is 452 g/mol. The summed E-state index contributed by atoms with van der Waals surface area (Å²) in [6.45, 7) is 2.30. The molecule has 0 radical (unpaired) electrons. The van der Waals surface area contributed by atoms with Crippen molar-refractivity contribution >= 4 is 17.5 Å². The summed E-state index contributed by atoms with van der Waals surface area (Å²) in [5.74, 6) is 0.761. The van der Waals surface area contributed by atoms with Gasteiger partial charge in [-0.1, -0.05) is 18.2 Å². The Kier molecular flexibility index (Phi) is 6.77. The Morgan fingerprint density at radius 1 is 1.00 bits per heavy atom. The molecule has 7 nitrogen and oxygen atoms in total. The fourth-order valence-electron chi connectivity index (χ4n) is 4.79. The van der Waals surface area contributed by atoms with E-state index in [4.69, 9.17) is 14.2 Å². The Balaban J connectivity index is 1.46. The van der Waals surface area contributed by atoms with E-state index in [9.17, 15) is 9.59 Å². The van der Waals surface area contributed by atoms with Crippen LogP contribution in [0.15, 0.2) is 30.3 Å². The van der Waals surface area contributed by atoms with Crippen LogP contribution in [0.3, 0.4) is 0 Å². The number of aryl methyl sites for hydroxylation is 2. The van der Waals surface area contributed by atoms with Crippen molar-refractivity contribution < 1.29 is 23.8 Å². The molecule has 0 bridgehead atoms. The number of carbonyl (C=O) groups excluding carboxylic acids is 2. The summed E-state index contributed by atoms with van der Waals surface area (Å²) in [5.41, 5.74) is 4.54. The normalized spacial score (nSPS) is 18.5. The van der Waals surface area contributed by atoms with E-state index in [0.29, 0.717) is 29.5 Å². The highest BCUT2D eigenvalue weighted by Crippen LogP contribution is 2.42. The lowest BCUT2D eigenvalue weighted by molar-refractivity contribution is -0.126. The third kappa shape index (κ3) is 4.63. The van der Waals surface area contributed by atoms with Gasteiger partial charge in [0.2, 0.25) is 17.6 Å². The number of fused-ring (bicyclic) bond motifs is 1. The van der Waals surface area contributed by atoms with Gasteiger partial charge < -0.3 is 24.4 Å². The van der Waals surface area contributed by atoms with E-state index in [2.05, 4.69) is 23.5 Å². The van der Waals surface area contributed by atoms with Crippen LogP contribution >= 0.6 is 0 Å². The van der Waals surface area contributed by atoms with E-state index in [1.54, 1.807) is 17.0 Å². The van der Waals surface area contributed by atoms with Gasteiger partial charge in [-0.2, -0.15) is 0 Å². The number of rotatable bonds is 7. The number of methoxy groups -OCH3 is 3. The highest BCUT2D eigenvalue weighted by atomic mass is 16.5. The zero-order valence-corrected chi connectivity index (χ0v) is 19.8. The van der Waals surface area contributed by atoms with Crippen LogP contribution in [0.4, 0.5) is 5.69 Å². The minimum atomic E-state index is -0.420. The van der Waals surface area contributed by atoms with Gasteiger partial charge in [-0.3, -0.25) is 9.59 Å². The molecule has 1 heterocycles. The van der Waals surface area contributed by atoms with Crippen LogP contribution < -0.4 is 24.4 Å². The molecule has 176 valence electrons. The average molecular weight is 453 g/mol. The molecule has 0 unspecified atom stereocenters. The largest absolute Gasteiger partial charge is 0.493 e. The molecule has 33 heavy (non-hydrogen) atoms. The standard InChI is InChI=1S/C26H32N2O5/c1-16(18-10-9-17-7-5-6-8-19(17)11-18)27-26(30)20-12-24(29)28(15-20)21-13-22(31-2)25(33-4)23(14-21)32-3/h9-11,13-14,16,20H,5-8,12,15H2,1-4H3,(H,27,30)/t16-,20+/m1/s1. The van der Waals surface area contributed by atoms with E-state index < -0.39 is 5.92 Å². The Hall–Kier alpha value is -3.22. The smallest absolute Gasteiger partial charge is 0.227 e. The first kappa shape index (κ1) is 23.0. The van der Waals surface area contributed by atoms with E-state index in [0.717, 1.165) is 18.4 Å². The number of nitrogens with zero attached hydrogens (tertiary/aromatic N) is 1. The molecule has 2 amide bonds. The van der Waals surface area contributed by atoms with Gasteiger partial charge in [0, 0.05) is 25.1 Å². The van der Waals surface area contributed by atoms with E-state index >= 15 is 0 Å². The first-order chi connectivity index (χ1) is 15.9. The van der Waals surface area contributed by atoms with E-state index in [1.807, 2.05) is 6.92 Å². The second kappa shape index (κ2) is 9.73. The van der Waals surface area contributed by atoms with Gasteiger partial charge in [-0.15, -0.1) is 0 Å². The molecule has 0 saturated carbocycles. The number of anilines is 1. The fraction of sp³-hybridized carbons (Fsp3) is 0.462. The lowest BCUT2D eigenvalue weighted by atomic mass is 9.89. The molecular formula is C26H32N2O5. The number of amides is 2. The van der Waals surface area contributed by atoms with Gasteiger partial charge in [-0.05, 0) is 49.3 Å². The van der Waals surface area contributed by atoms with Crippen LogP contribution in [0.2, 0.25) is 0 Å². The summed E-state index contributed by atoms with van der Waals surface area (Å²) < 4.78 is 16.2. The topological polar surface area (TPSA) is 77.1 Å². The summed E-state index contributed by atoms with van der Waals surface area (Å²) in [5, 5.41) is 3.11. The average Bonchev–Trinajstić information content (AvgIpc) is 3.24. The number of carbonyl (C=O) groups is 2. The molecular weight excluding hydrogens is 420 g/mol. The van der Waals surface area contributed by atoms with E-state index in [1.165, 1.54) is 45.3 Å². The SMILES string of the molecule is COc1cc(N2C[C@@H](C(=O)N[C@H](C)c3ccc4c(c3)CCCC4)CC2=O)cc(OC)c1OC. The van der Waals surface area contributed by atoms with Crippen molar-refractivity contribution in [1.82, 2.24) is 5.32 Å². The fourth-order valence-corrected chi connectivity index (χ4v) is 4.79.